The van der Waals surface area contributed by atoms with E-state index in [0.29, 0.717) is 0 Å². The standard InChI is InChI=1S/C10H20N2O3/c1-4-5-8(2)12(3)10(15)11-7-6-9(13)14/h8H,4-7H2,1-3H3,(H,11,15)(H,13,14). The zero-order valence-electron chi connectivity index (χ0n) is 9.62. The number of carbonyl (C=O) groups excluding carboxylic acids is 1. The van der Waals surface area contributed by atoms with Gasteiger partial charge in [-0.25, -0.2) is 4.79 Å². The van der Waals surface area contributed by atoms with Gasteiger partial charge in [-0.3, -0.25) is 4.79 Å². The third-order valence-electron chi connectivity index (χ3n) is 2.30. The molecular weight excluding hydrogens is 196 g/mol. The molecule has 1 unspecified atom stereocenters. The monoisotopic (exact) mass is 216 g/mol. The number of carbonyl (C=O) groups is 2. The molecule has 2 N–H and O–H groups in total. The van der Waals surface area contributed by atoms with Crippen LogP contribution in [0.25, 0.3) is 0 Å². The summed E-state index contributed by atoms with van der Waals surface area (Å²) in [5.74, 6) is -0.903. The minimum atomic E-state index is -0.903. The second-order valence-corrected chi connectivity index (χ2v) is 3.62. The first-order valence-corrected chi connectivity index (χ1v) is 5.21. The van der Waals surface area contributed by atoms with E-state index in [4.69, 9.17) is 5.11 Å². The summed E-state index contributed by atoms with van der Waals surface area (Å²) in [4.78, 5) is 23.3. The van der Waals surface area contributed by atoms with Crippen LogP contribution in [0.3, 0.4) is 0 Å². The topological polar surface area (TPSA) is 69.6 Å². The Kier molecular flexibility index (Phi) is 6.49. The number of hydrogen-bond donors (Lipinski definition) is 2. The van der Waals surface area contributed by atoms with E-state index in [9.17, 15) is 9.59 Å². The Morgan fingerprint density at radius 1 is 1.47 bits per heavy atom. The number of urea groups is 1. The number of hydrogen-bond acceptors (Lipinski definition) is 2. The number of nitrogens with one attached hydrogen (secondary N) is 1. The minimum Gasteiger partial charge on any atom is -0.481 e. The fraction of sp³-hybridized carbons (Fsp3) is 0.800. The highest BCUT2D eigenvalue weighted by Crippen LogP contribution is 2.03. The molecule has 0 fully saturated rings. The Balaban J connectivity index is 3.83. The molecule has 0 saturated heterocycles. The molecule has 88 valence electrons. The van der Waals surface area contributed by atoms with Crippen LogP contribution in [0.4, 0.5) is 4.79 Å². The molecule has 0 aromatic heterocycles. The van der Waals surface area contributed by atoms with E-state index in [1.807, 2.05) is 6.92 Å². The molecular formula is C10H20N2O3. The maximum atomic E-state index is 11.5. The highest BCUT2D eigenvalue weighted by Gasteiger charge is 2.14. The number of nitrogens with zero attached hydrogens (tertiary/aromatic N) is 1. The molecule has 15 heavy (non-hydrogen) atoms. The lowest BCUT2D eigenvalue weighted by Crippen LogP contribution is -2.42. The number of amides is 2. The first-order valence-electron chi connectivity index (χ1n) is 5.21. The normalized spacial score (nSPS) is 11.9. The van der Waals surface area contributed by atoms with Crippen molar-refractivity contribution in [2.24, 2.45) is 0 Å². The van der Waals surface area contributed by atoms with Gasteiger partial charge in [0.15, 0.2) is 0 Å². The van der Waals surface area contributed by atoms with Crippen molar-refractivity contribution in [1.29, 1.82) is 0 Å². The maximum absolute atomic E-state index is 11.5. The molecule has 0 aliphatic rings. The summed E-state index contributed by atoms with van der Waals surface area (Å²) < 4.78 is 0. The van der Waals surface area contributed by atoms with Gasteiger partial charge in [0.05, 0.1) is 6.42 Å². The van der Waals surface area contributed by atoms with Crippen molar-refractivity contribution in [3.8, 4) is 0 Å². The molecule has 0 aromatic rings. The van der Waals surface area contributed by atoms with Gasteiger partial charge >= 0.3 is 12.0 Å². The summed E-state index contributed by atoms with van der Waals surface area (Å²) in [5.41, 5.74) is 0. The van der Waals surface area contributed by atoms with Crippen LogP contribution in [0, 0.1) is 0 Å². The van der Waals surface area contributed by atoms with Gasteiger partial charge < -0.3 is 15.3 Å². The van der Waals surface area contributed by atoms with Gasteiger partial charge in [-0.2, -0.15) is 0 Å². The lowest BCUT2D eigenvalue weighted by Gasteiger charge is -2.24. The highest BCUT2D eigenvalue weighted by atomic mass is 16.4. The summed E-state index contributed by atoms with van der Waals surface area (Å²) in [5, 5.41) is 11.0. The van der Waals surface area contributed by atoms with Crippen molar-refractivity contribution in [3.05, 3.63) is 0 Å². The molecule has 1 atom stereocenters. The fourth-order valence-electron chi connectivity index (χ4n) is 1.21. The number of carboxylic acids is 1. The zero-order chi connectivity index (χ0) is 11.8. The number of carboxylic acid groups (broad SMARTS) is 1. The van der Waals surface area contributed by atoms with Crippen molar-refractivity contribution in [1.82, 2.24) is 10.2 Å². The molecule has 0 aromatic carbocycles. The summed E-state index contributed by atoms with van der Waals surface area (Å²) in [7, 11) is 1.72. The lowest BCUT2D eigenvalue weighted by atomic mass is 10.2. The molecule has 0 bridgehead atoms. The average molecular weight is 216 g/mol. The van der Waals surface area contributed by atoms with Crippen molar-refractivity contribution in [3.63, 3.8) is 0 Å². The van der Waals surface area contributed by atoms with E-state index in [0.717, 1.165) is 12.8 Å². The molecule has 0 heterocycles. The van der Waals surface area contributed by atoms with Crippen LogP contribution in [0.1, 0.15) is 33.1 Å². The summed E-state index contributed by atoms with van der Waals surface area (Å²) in [6.07, 6.45) is 1.93. The SMILES string of the molecule is CCCC(C)N(C)C(=O)NCCC(=O)O. The Morgan fingerprint density at radius 3 is 2.53 bits per heavy atom. The Hall–Kier alpha value is -1.26. The third kappa shape index (κ3) is 5.93. The summed E-state index contributed by atoms with van der Waals surface area (Å²) in [6.45, 7) is 4.21. The van der Waals surface area contributed by atoms with Crippen LogP contribution in [-0.2, 0) is 4.79 Å². The van der Waals surface area contributed by atoms with Crippen molar-refractivity contribution < 1.29 is 14.7 Å². The first kappa shape index (κ1) is 13.7. The lowest BCUT2D eigenvalue weighted by molar-refractivity contribution is -0.136. The van der Waals surface area contributed by atoms with Crippen LogP contribution in [0.15, 0.2) is 0 Å². The number of aliphatic carboxylic acids is 1. The second kappa shape index (κ2) is 7.09. The van der Waals surface area contributed by atoms with Gasteiger partial charge in [-0.05, 0) is 13.3 Å². The average Bonchev–Trinajstić information content (AvgIpc) is 2.16. The minimum absolute atomic E-state index is 0.0399. The van der Waals surface area contributed by atoms with Crippen LogP contribution in [-0.4, -0.2) is 41.6 Å². The van der Waals surface area contributed by atoms with E-state index in [1.54, 1.807) is 11.9 Å². The fourth-order valence-corrected chi connectivity index (χ4v) is 1.21. The molecule has 0 radical (unpaired) electrons. The van der Waals surface area contributed by atoms with Gasteiger partial charge in [0.2, 0.25) is 0 Å². The van der Waals surface area contributed by atoms with E-state index in [2.05, 4.69) is 12.2 Å². The van der Waals surface area contributed by atoms with E-state index < -0.39 is 5.97 Å². The maximum Gasteiger partial charge on any atom is 0.317 e. The quantitative estimate of drug-likeness (QED) is 0.703. The largest absolute Gasteiger partial charge is 0.481 e. The highest BCUT2D eigenvalue weighted by molar-refractivity contribution is 5.75. The van der Waals surface area contributed by atoms with E-state index in [-0.39, 0.29) is 25.0 Å². The van der Waals surface area contributed by atoms with Crippen molar-refractivity contribution in [2.45, 2.75) is 39.2 Å². The summed E-state index contributed by atoms with van der Waals surface area (Å²) in [6, 6.07) is -0.0305. The molecule has 0 rings (SSSR count). The zero-order valence-corrected chi connectivity index (χ0v) is 9.62. The van der Waals surface area contributed by atoms with E-state index >= 15 is 0 Å². The molecule has 2 amide bonds. The van der Waals surface area contributed by atoms with Crippen molar-refractivity contribution >= 4 is 12.0 Å². The predicted octanol–water partition coefficient (Wildman–Crippen LogP) is 1.29. The van der Waals surface area contributed by atoms with Gasteiger partial charge in [0, 0.05) is 19.6 Å². The van der Waals surface area contributed by atoms with Crippen LogP contribution < -0.4 is 5.32 Å². The summed E-state index contributed by atoms with van der Waals surface area (Å²) >= 11 is 0. The van der Waals surface area contributed by atoms with Gasteiger partial charge in [-0.15, -0.1) is 0 Å². The van der Waals surface area contributed by atoms with E-state index in [1.165, 1.54) is 0 Å². The predicted molar refractivity (Wildman–Crippen MR) is 57.8 cm³/mol. The molecule has 0 aliphatic carbocycles. The number of rotatable bonds is 6. The van der Waals surface area contributed by atoms with Gasteiger partial charge in [0.25, 0.3) is 0 Å². The molecule has 5 heteroatoms. The van der Waals surface area contributed by atoms with Crippen molar-refractivity contribution in [2.75, 3.05) is 13.6 Å². The first-order chi connectivity index (χ1) is 6.99. The molecule has 0 spiro atoms. The van der Waals surface area contributed by atoms with Gasteiger partial charge in [0.1, 0.15) is 0 Å². The second-order valence-electron chi connectivity index (χ2n) is 3.62. The molecule has 0 aliphatic heterocycles. The van der Waals surface area contributed by atoms with Gasteiger partial charge in [-0.1, -0.05) is 13.3 Å². The molecule has 5 nitrogen and oxygen atoms in total. The Morgan fingerprint density at radius 2 is 2.07 bits per heavy atom. The Bertz CT molecular complexity index is 219. The molecule has 0 saturated carbocycles. The Labute approximate surface area is 90.5 Å². The smallest absolute Gasteiger partial charge is 0.317 e. The van der Waals surface area contributed by atoms with Crippen LogP contribution >= 0.6 is 0 Å². The third-order valence-corrected chi connectivity index (χ3v) is 2.30. The van der Waals surface area contributed by atoms with Crippen LogP contribution in [0.5, 0.6) is 0 Å². The van der Waals surface area contributed by atoms with Crippen LogP contribution in [0.2, 0.25) is 0 Å².